The molecule has 0 bridgehead atoms. The maximum absolute atomic E-state index is 12.6. The molecule has 1 aliphatic rings. The van der Waals surface area contributed by atoms with Crippen molar-refractivity contribution >= 4 is 26.0 Å². The SMILES string of the molecule is CN(C)C1CCN(S(=O)(=O)c2cc(CN)oc2Br)CC1. The number of hydrogen-bond donors (Lipinski definition) is 1. The first-order valence-corrected chi connectivity index (χ1v) is 8.74. The van der Waals surface area contributed by atoms with Gasteiger partial charge in [-0.05, 0) is 42.9 Å². The minimum absolute atomic E-state index is 0.168. The molecule has 0 aliphatic carbocycles. The second-order valence-electron chi connectivity index (χ2n) is 5.15. The molecular weight excluding hydrogens is 346 g/mol. The molecule has 114 valence electrons. The van der Waals surface area contributed by atoms with Crippen LogP contribution in [-0.2, 0) is 16.6 Å². The van der Waals surface area contributed by atoms with Gasteiger partial charge >= 0.3 is 0 Å². The summed E-state index contributed by atoms with van der Waals surface area (Å²) in [5.74, 6) is 0.457. The van der Waals surface area contributed by atoms with Crippen molar-refractivity contribution in [2.75, 3.05) is 27.2 Å². The zero-order valence-electron chi connectivity index (χ0n) is 11.7. The molecule has 0 unspecified atom stereocenters. The molecule has 1 fully saturated rings. The Labute approximate surface area is 128 Å². The van der Waals surface area contributed by atoms with Gasteiger partial charge in [0.1, 0.15) is 10.7 Å². The molecule has 1 aromatic rings. The molecule has 0 amide bonds. The lowest BCUT2D eigenvalue weighted by Gasteiger charge is -2.34. The predicted molar refractivity (Wildman–Crippen MR) is 79.8 cm³/mol. The molecule has 2 N–H and O–H groups in total. The van der Waals surface area contributed by atoms with Crippen molar-refractivity contribution in [2.24, 2.45) is 5.73 Å². The van der Waals surface area contributed by atoms with E-state index in [-0.39, 0.29) is 16.1 Å². The number of rotatable bonds is 4. The summed E-state index contributed by atoms with van der Waals surface area (Å²) < 4.78 is 32.2. The second kappa shape index (κ2) is 6.15. The molecule has 0 spiro atoms. The van der Waals surface area contributed by atoms with Gasteiger partial charge in [0, 0.05) is 25.2 Å². The van der Waals surface area contributed by atoms with Crippen LogP contribution in [0.5, 0.6) is 0 Å². The van der Waals surface area contributed by atoms with Crippen LogP contribution in [0.3, 0.4) is 0 Å². The Kier molecular flexibility index (Phi) is 4.91. The lowest BCUT2D eigenvalue weighted by molar-refractivity contribution is 0.196. The fraction of sp³-hybridized carbons (Fsp3) is 0.667. The summed E-state index contributed by atoms with van der Waals surface area (Å²) in [6.45, 7) is 1.23. The van der Waals surface area contributed by atoms with Gasteiger partial charge in [0.05, 0.1) is 6.54 Å². The molecule has 1 saturated heterocycles. The van der Waals surface area contributed by atoms with Crippen LogP contribution in [0.2, 0.25) is 0 Å². The number of halogens is 1. The Hall–Kier alpha value is -0.410. The smallest absolute Gasteiger partial charge is 0.247 e. The first kappa shape index (κ1) is 16.0. The van der Waals surface area contributed by atoms with E-state index in [9.17, 15) is 8.42 Å². The molecule has 0 aromatic carbocycles. The minimum Gasteiger partial charge on any atom is -0.452 e. The number of sulfonamides is 1. The Balaban J connectivity index is 2.17. The van der Waals surface area contributed by atoms with E-state index in [1.165, 1.54) is 10.4 Å². The normalized spacial score (nSPS) is 18.9. The third kappa shape index (κ3) is 3.09. The average Bonchev–Trinajstić information content (AvgIpc) is 2.81. The number of nitrogens with two attached hydrogens (primary N) is 1. The molecule has 1 aliphatic heterocycles. The van der Waals surface area contributed by atoms with Crippen LogP contribution in [0.15, 0.2) is 20.0 Å². The fourth-order valence-corrected chi connectivity index (χ4v) is 4.84. The van der Waals surface area contributed by atoms with E-state index in [1.54, 1.807) is 0 Å². The zero-order valence-corrected chi connectivity index (χ0v) is 14.1. The molecule has 0 saturated carbocycles. The van der Waals surface area contributed by atoms with Crippen molar-refractivity contribution in [2.45, 2.75) is 30.3 Å². The molecule has 1 aromatic heterocycles. The van der Waals surface area contributed by atoms with Gasteiger partial charge in [0.15, 0.2) is 4.67 Å². The van der Waals surface area contributed by atoms with Gasteiger partial charge < -0.3 is 15.1 Å². The highest BCUT2D eigenvalue weighted by Crippen LogP contribution is 2.30. The largest absolute Gasteiger partial charge is 0.452 e. The van der Waals surface area contributed by atoms with Gasteiger partial charge in [-0.25, -0.2) is 8.42 Å². The molecule has 0 atom stereocenters. The Morgan fingerprint density at radius 1 is 1.45 bits per heavy atom. The Bertz CT molecular complexity index is 563. The van der Waals surface area contributed by atoms with Gasteiger partial charge in [0.25, 0.3) is 0 Å². The van der Waals surface area contributed by atoms with Crippen LogP contribution >= 0.6 is 15.9 Å². The van der Waals surface area contributed by atoms with Gasteiger partial charge in [-0.3, -0.25) is 0 Å². The van der Waals surface area contributed by atoms with Crippen molar-refractivity contribution in [3.05, 3.63) is 16.5 Å². The van der Waals surface area contributed by atoms with Gasteiger partial charge in [-0.2, -0.15) is 4.31 Å². The summed E-state index contributed by atoms with van der Waals surface area (Å²) in [7, 11) is 0.533. The second-order valence-corrected chi connectivity index (χ2v) is 7.78. The number of hydrogen-bond acceptors (Lipinski definition) is 5. The van der Waals surface area contributed by atoms with E-state index in [4.69, 9.17) is 10.2 Å². The van der Waals surface area contributed by atoms with Crippen molar-refractivity contribution in [3.8, 4) is 0 Å². The number of furan rings is 1. The minimum atomic E-state index is -3.51. The number of piperidine rings is 1. The average molecular weight is 366 g/mol. The van der Waals surface area contributed by atoms with Crippen LogP contribution in [-0.4, -0.2) is 50.8 Å². The molecular formula is C12H20BrN3O3S. The van der Waals surface area contributed by atoms with E-state index < -0.39 is 10.0 Å². The van der Waals surface area contributed by atoms with Crippen LogP contribution in [0.25, 0.3) is 0 Å². The van der Waals surface area contributed by atoms with Gasteiger partial charge in [-0.15, -0.1) is 0 Å². The monoisotopic (exact) mass is 365 g/mol. The van der Waals surface area contributed by atoms with E-state index in [2.05, 4.69) is 20.8 Å². The molecule has 20 heavy (non-hydrogen) atoms. The van der Waals surface area contributed by atoms with Gasteiger partial charge in [-0.1, -0.05) is 0 Å². The van der Waals surface area contributed by atoms with Crippen LogP contribution < -0.4 is 5.73 Å². The Morgan fingerprint density at radius 3 is 2.50 bits per heavy atom. The van der Waals surface area contributed by atoms with Crippen molar-refractivity contribution in [1.82, 2.24) is 9.21 Å². The maximum Gasteiger partial charge on any atom is 0.247 e. The molecule has 0 radical (unpaired) electrons. The summed E-state index contributed by atoms with van der Waals surface area (Å²) in [4.78, 5) is 2.31. The van der Waals surface area contributed by atoms with E-state index >= 15 is 0 Å². The van der Waals surface area contributed by atoms with E-state index in [0.29, 0.717) is 24.9 Å². The summed E-state index contributed by atoms with van der Waals surface area (Å²) in [5.41, 5.74) is 5.48. The van der Waals surface area contributed by atoms with Crippen molar-refractivity contribution < 1.29 is 12.8 Å². The van der Waals surface area contributed by atoms with E-state index in [1.807, 2.05) is 14.1 Å². The molecule has 2 heterocycles. The third-order valence-corrected chi connectivity index (χ3v) is 6.43. The lowest BCUT2D eigenvalue weighted by Crippen LogP contribution is -2.44. The Morgan fingerprint density at radius 2 is 2.05 bits per heavy atom. The van der Waals surface area contributed by atoms with Crippen molar-refractivity contribution in [1.29, 1.82) is 0 Å². The molecule has 8 heteroatoms. The highest BCUT2D eigenvalue weighted by molar-refractivity contribution is 9.10. The summed E-state index contributed by atoms with van der Waals surface area (Å²) in [6.07, 6.45) is 1.68. The quantitative estimate of drug-likeness (QED) is 0.867. The maximum atomic E-state index is 12.6. The standard InChI is InChI=1S/C12H20BrN3O3S/c1-15(2)9-3-5-16(6-4-9)20(17,18)11-7-10(8-14)19-12(11)13/h7,9H,3-6,8,14H2,1-2H3. The molecule has 2 rings (SSSR count). The summed E-state index contributed by atoms with van der Waals surface area (Å²) in [5, 5.41) is 0. The van der Waals surface area contributed by atoms with Crippen LogP contribution in [0.4, 0.5) is 0 Å². The van der Waals surface area contributed by atoms with E-state index in [0.717, 1.165) is 12.8 Å². The fourth-order valence-electron chi connectivity index (χ4n) is 2.41. The summed E-state index contributed by atoms with van der Waals surface area (Å²) in [6, 6.07) is 1.94. The lowest BCUT2D eigenvalue weighted by atomic mass is 10.1. The topological polar surface area (TPSA) is 79.8 Å². The van der Waals surface area contributed by atoms with Crippen molar-refractivity contribution in [3.63, 3.8) is 0 Å². The van der Waals surface area contributed by atoms with Crippen LogP contribution in [0.1, 0.15) is 18.6 Å². The first-order valence-electron chi connectivity index (χ1n) is 6.51. The van der Waals surface area contributed by atoms with Gasteiger partial charge in [0.2, 0.25) is 10.0 Å². The first-order chi connectivity index (χ1) is 9.36. The highest BCUT2D eigenvalue weighted by Gasteiger charge is 2.33. The molecule has 6 nitrogen and oxygen atoms in total. The zero-order chi connectivity index (χ0) is 14.9. The number of nitrogens with zero attached hydrogens (tertiary/aromatic N) is 2. The predicted octanol–water partition coefficient (Wildman–Crippen LogP) is 1.22. The summed E-state index contributed by atoms with van der Waals surface area (Å²) >= 11 is 3.16. The highest BCUT2D eigenvalue weighted by atomic mass is 79.9. The third-order valence-electron chi connectivity index (χ3n) is 3.68. The van der Waals surface area contributed by atoms with Crippen LogP contribution in [0, 0.1) is 0 Å².